The Bertz CT molecular complexity index is 386. The van der Waals surface area contributed by atoms with E-state index < -0.39 is 6.10 Å². The van der Waals surface area contributed by atoms with E-state index in [0.29, 0.717) is 13.2 Å². The average Bonchev–Trinajstić information content (AvgIpc) is 2.46. The van der Waals surface area contributed by atoms with Gasteiger partial charge in [0.25, 0.3) is 0 Å². The molecule has 0 aromatic carbocycles. The van der Waals surface area contributed by atoms with Gasteiger partial charge in [0.1, 0.15) is 0 Å². The number of nitrogens with one attached hydrogen (secondary N) is 1. The summed E-state index contributed by atoms with van der Waals surface area (Å²) >= 11 is 0. The molecule has 98 valence electrons. The molecule has 0 bridgehead atoms. The Morgan fingerprint density at radius 1 is 1.50 bits per heavy atom. The van der Waals surface area contributed by atoms with E-state index in [1.807, 2.05) is 12.1 Å². The SMILES string of the molecule is O=C(C1CNCCO1)[n+]1ccc(CCCO)cc1. The molecule has 5 heteroatoms. The molecule has 0 aliphatic carbocycles. The fraction of sp³-hybridized carbons (Fsp3) is 0.538. The minimum absolute atomic E-state index is 0.0455. The average molecular weight is 251 g/mol. The molecule has 1 saturated heterocycles. The predicted octanol–water partition coefficient (Wildman–Crippen LogP) is -0.472. The van der Waals surface area contributed by atoms with Crippen LogP contribution in [0.5, 0.6) is 0 Å². The first-order valence-electron chi connectivity index (χ1n) is 6.29. The highest BCUT2D eigenvalue weighted by Gasteiger charge is 2.29. The van der Waals surface area contributed by atoms with E-state index in [-0.39, 0.29) is 12.5 Å². The number of aryl methyl sites for hydroxylation is 1. The summed E-state index contributed by atoms with van der Waals surface area (Å²) in [6.07, 6.45) is 4.69. The monoisotopic (exact) mass is 251 g/mol. The highest BCUT2D eigenvalue weighted by atomic mass is 16.5. The van der Waals surface area contributed by atoms with Gasteiger partial charge < -0.3 is 15.2 Å². The number of nitrogens with zero attached hydrogens (tertiary/aromatic N) is 1. The summed E-state index contributed by atoms with van der Waals surface area (Å²) in [5.74, 6) is -0.0455. The van der Waals surface area contributed by atoms with Crippen molar-refractivity contribution in [3.8, 4) is 0 Å². The Balaban J connectivity index is 1.97. The van der Waals surface area contributed by atoms with Gasteiger partial charge in [-0.15, -0.1) is 4.57 Å². The van der Waals surface area contributed by atoms with Gasteiger partial charge in [-0.3, -0.25) is 0 Å². The molecule has 0 amide bonds. The second-order valence-corrected chi connectivity index (χ2v) is 4.34. The van der Waals surface area contributed by atoms with Crippen LogP contribution in [0.4, 0.5) is 0 Å². The fourth-order valence-corrected chi connectivity index (χ4v) is 1.94. The van der Waals surface area contributed by atoms with Crippen LogP contribution >= 0.6 is 0 Å². The van der Waals surface area contributed by atoms with Crippen LogP contribution in [0.1, 0.15) is 16.8 Å². The molecule has 2 heterocycles. The number of hydrogen-bond donors (Lipinski definition) is 2. The molecule has 1 aromatic rings. The summed E-state index contributed by atoms with van der Waals surface area (Å²) in [6.45, 7) is 2.13. The van der Waals surface area contributed by atoms with E-state index in [1.54, 1.807) is 17.0 Å². The van der Waals surface area contributed by atoms with Crippen molar-refractivity contribution in [1.82, 2.24) is 5.32 Å². The molecule has 1 aromatic heterocycles. The third-order valence-electron chi connectivity index (χ3n) is 2.98. The van der Waals surface area contributed by atoms with E-state index in [1.165, 1.54) is 0 Å². The highest BCUT2D eigenvalue weighted by Crippen LogP contribution is 2.01. The van der Waals surface area contributed by atoms with Crippen molar-refractivity contribution in [2.75, 3.05) is 26.3 Å². The van der Waals surface area contributed by atoms with Crippen LogP contribution in [0.25, 0.3) is 0 Å². The van der Waals surface area contributed by atoms with Crippen LogP contribution in [0.15, 0.2) is 24.5 Å². The van der Waals surface area contributed by atoms with Crippen molar-refractivity contribution in [3.05, 3.63) is 30.1 Å². The molecule has 1 aliphatic heterocycles. The molecule has 1 atom stereocenters. The molecule has 0 radical (unpaired) electrons. The maximum absolute atomic E-state index is 12.1. The maximum Gasteiger partial charge on any atom is 0.422 e. The molecule has 1 fully saturated rings. The predicted molar refractivity (Wildman–Crippen MR) is 65.3 cm³/mol. The second-order valence-electron chi connectivity index (χ2n) is 4.34. The molecule has 2 rings (SSSR count). The number of aliphatic hydroxyl groups is 1. The topological polar surface area (TPSA) is 62.4 Å². The fourth-order valence-electron chi connectivity index (χ4n) is 1.94. The molecule has 2 N–H and O–H groups in total. The van der Waals surface area contributed by atoms with E-state index >= 15 is 0 Å². The number of rotatable bonds is 4. The molecular formula is C13H19N2O3+. The molecule has 0 spiro atoms. The molecule has 5 nitrogen and oxygen atoms in total. The van der Waals surface area contributed by atoms with Gasteiger partial charge in [-0.1, -0.05) is 0 Å². The van der Waals surface area contributed by atoms with E-state index in [4.69, 9.17) is 9.84 Å². The van der Waals surface area contributed by atoms with Crippen molar-refractivity contribution in [2.45, 2.75) is 18.9 Å². The minimum atomic E-state index is -0.396. The molecule has 18 heavy (non-hydrogen) atoms. The van der Waals surface area contributed by atoms with Crippen LogP contribution in [-0.2, 0) is 11.2 Å². The van der Waals surface area contributed by atoms with Gasteiger partial charge in [0.15, 0.2) is 18.5 Å². The van der Waals surface area contributed by atoms with Crippen LogP contribution in [0.3, 0.4) is 0 Å². The largest absolute Gasteiger partial charge is 0.422 e. The Morgan fingerprint density at radius 3 is 2.89 bits per heavy atom. The number of aromatic nitrogens is 1. The van der Waals surface area contributed by atoms with Crippen LogP contribution < -0.4 is 9.88 Å². The number of pyridine rings is 1. The van der Waals surface area contributed by atoms with Gasteiger partial charge >= 0.3 is 5.91 Å². The summed E-state index contributed by atoms with van der Waals surface area (Å²) in [4.78, 5) is 12.1. The van der Waals surface area contributed by atoms with Crippen molar-refractivity contribution in [1.29, 1.82) is 0 Å². The first-order valence-corrected chi connectivity index (χ1v) is 6.29. The summed E-state index contributed by atoms with van der Waals surface area (Å²) in [7, 11) is 0. The van der Waals surface area contributed by atoms with Crippen molar-refractivity contribution in [3.63, 3.8) is 0 Å². The molecular weight excluding hydrogens is 232 g/mol. The molecule has 1 aliphatic rings. The van der Waals surface area contributed by atoms with Crippen LogP contribution in [0, 0.1) is 0 Å². The zero-order valence-electron chi connectivity index (χ0n) is 10.3. The van der Waals surface area contributed by atoms with Gasteiger partial charge in [-0.2, -0.15) is 0 Å². The molecule has 0 saturated carbocycles. The lowest BCUT2D eigenvalue weighted by molar-refractivity contribution is -0.578. The lowest BCUT2D eigenvalue weighted by atomic mass is 10.1. The van der Waals surface area contributed by atoms with Crippen LogP contribution in [0.2, 0.25) is 0 Å². The minimum Gasteiger partial charge on any atom is -0.396 e. The summed E-state index contributed by atoms with van der Waals surface area (Å²) in [6, 6.07) is 3.81. The van der Waals surface area contributed by atoms with Gasteiger partial charge in [-0.25, -0.2) is 4.79 Å². The van der Waals surface area contributed by atoms with Crippen molar-refractivity contribution >= 4 is 5.91 Å². The zero-order valence-corrected chi connectivity index (χ0v) is 10.3. The normalized spacial score (nSPS) is 19.7. The Hall–Kier alpha value is -1.30. The van der Waals surface area contributed by atoms with Gasteiger partial charge in [-0.05, 0) is 18.4 Å². The maximum atomic E-state index is 12.1. The zero-order chi connectivity index (χ0) is 12.8. The van der Waals surface area contributed by atoms with Gasteiger partial charge in [0, 0.05) is 31.8 Å². The van der Waals surface area contributed by atoms with Crippen LogP contribution in [-0.4, -0.2) is 43.4 Å². The lowest BCUT2D eigenvalue weighted by Gasteiger charge is -2.19. The second kappa shape index (κ2) is 6.58. The Morgan fingerprint density at radius 2 is 2.28 bits per heavy atom. The van der Waals surface area contributed by atoms with Gasteiger partial charge in [0.2, 0.25) is 0 Å². The Labute approximate surface area is 106 Å². The van der Waals surface area contributed by atoms with Gasteiger partial charge in [0.05, 0.1) is 6.61 Å². The highest BCUT2D eigenvalue weighted by molar-refractivity contribution is 5.72. The number of morpholine rings is 1. The standard InChI is InChI=1S/C13H19N2O3/c16-8-1-2-11-3-6-15(7-4-11)13(17)12-10-14-5-9-18-12/h3-4,6-7,12,14,16H,1-2,5,8-10H2/q+1. The number of hydrogen-bond acceptors (Lipinski definition) is 4. The first-order chi connectivity index (χ1) is 8.81. The Kier molecular flexibility index (Phi) is 4.81. The lowest BCUT2D eigenvalue weighted by Crippen LogP contribution is -2.55. The number of carbonyl (C=O) groups excluding carboxylic acids is 1. The van der Waals surface area contributed by atoms with Crippen molar-refractivity contribution < 1.29 is 19.2 Å². The summed E-state index contributed by atoms with van der Waals surface area (Å²) in [5, 5.41) is 11.9. The third kappa shape index (κ3) is 3.35. The van der Waals surface area contributed by atoms with E-state index in [2.05, 4.69) is 5.32 Å². The summed E-state index contributed by atoms with van der Waals surface area (Å²) in [5.41, 5.74) is 1.12. The summed E-state index contributed by atoms with van der Waals surface area (Å²) < 4.78 is 6.98. The number of carbonyl (C=O) groups is 1. The third-order valence-corrected chi connectivity index (χ3v) is 2.98. The van der Waals surface area contributed by atoms with E-state index in [0.717, 1.165) is 24.9 Å². The first kappa shape index (κ1) is 13.1. The quantitative estimate of drug-likeness (QED) is 0.710. The number of ether oxygens (including phenoxy) is 1. The smallest absolute Gasteiger partial charge is 0.396 e. The number of aliphatic hydroxyl groups excluding tert-OH is 1. The van der Waals surface area contributed by atoms with E-state index in [9.17, 15) is 4.79 Å². The van der Waals surface area contributed by atoms with Crippen molar-refractivity contribution in [2.24, 2.45) is 0 Å². The molecule has 1 unspecified atom stereocenters.